The lowest BCUT2D eigenvalue weighted by Crippen LogP contribution is -2.46. The number of nitrogens with one attached hydrogen (secondary N) is 2. The summed E-state index contributed by atoms with van der Waals surface area (Å²) in [6.45, 7) is 1.95. The Bertz CT molecular complexity index is 979. The largest absolute Gasteiger partial charge is 0.338 e. The molecule has 2 aromatic carbocycles. The molecule has 0 radical (unpaired) electrons. The van der Waals surface area contributed by atoms with E-state index < -0.39 is 11.9 Å². The Morgan fingerprint density at radius 2 is 1.93 bits per heavy atom. The maximum atomic E-state index is 12.6. The van der Waals surface area contributed by atoms with Gasteiger partial charge in [0.25, 0.3) is 5.91 Å². The van der Waals surface area contributed by atoms with Crippen LogP contribution in [0.5, 0.6) is 0 Å². The van der Waals surface area contributed by atoms with Crippen molar-refractivity contribution < 1.29 is 9.59 Å². The van der Waals surface area contributed by atoms with Crippen molar-refractivity contribution in [2.75, 3.05) is 5.32 Å². The Morgan fingerprint density at radius 3 is 2.63 bits per heavy atom. The minimum Gasteiger partial charge on any atom is -0.307 e. The first-order valence-electron chi connectivity index (χ1n) is 7.71. The van der Waals surface area contributed by atoms with Crippen LogP contribution in [0.1, 0.15) is 11.1 Å². The number of nitrogens with zero attached hydrogens (tertiary/aromatic N) is 1. The molecular formula is C18H13Cl2N3O2S2. The lowest BCUT2D eigenvalue weighted by molar-refractivity contribution is -0.123. The summed E-state index contributed by atoms with van der Waals surface area (Å²) in [5, 5.41) is 4.30. The normalized spacial score (nSPS) is 15.4. The average molecular weight is 438 g/mol. The molecule has 9 heteroatoms. The molecule has 0 aromatic heterocycles. The Labute approximate surface area is 175 Å². The third kappa shape index (κ3) is 4.62. The van der Waals surface area contributed by atoms with Gasteiger partial charge in [-0.15, -0.1) is 0 Å². The summed E-state index contributed by atoms with van der Waals surface area (Å²) < 4.78 is 0.240. The summed E-state index contributed by atoms with van der Waals surface area (Å²) in [6, 6.07) is 11.7. The van der Waals surface area contributed by atoms with Crippen molar-refractivity contribution in [2.45, 2.75) is 6.92 Å². The number of benzene rings is 2. The number of carbonyl (C=O) groups excluding carboxylic acids is 2. The quantitative estimate of drug-likeness (QED) is 0.508. The van der Waals surface area contributed by atoms with Gasteiger partial charge < -0.3 is 5.32 Å². The van der Waals surface area contributed by atoms with E-state index in [4.69, 9.17) is 35.4 Å². The molecule has 1 aliphatic heterocycles. The van der Waals surface area contributed by atoms with E-state index in [1.807, 2.05) is 31.2 Å². The molecule has 138 valence electrons. The summed E-state index contributed by atoms with van der Waals surface area (Å²) >= 11 is 18.1. The second-order valence-electron chi connectivity index (χ2n) is 5.57. The lowest BCUT2D eigenvalue weighted by Gasteiger charge is -2.16. The molecule has 0 unspecified atom stereocenters. The maximum Gasteiger partial charge on any atom is 0.338 e. The highest BCUT2D eigenvalue weighted by Crippen LogP contribution is 2.32. The van der Waals surface area contributed by atoms with Gasteiger partial charge in [0.2, 0.25) is 0 Å². The number of carbonyl (C=O) groups is 2. The van der Waals surface area contributed by atoms with Crippen LogP contribution in [0.4, 0.5) is 10.5 Å². The summed E-state index contributed by atoms with van der Waals surface area (Å²) in [4.78, 5) is 25.2. The van der Waals surface area contributed by atoms with Gasteiger partial charge in [0, 0.05) is 5.69 Å². The minimum absolute atomic E-state index is 0.240. The molecule has 2 aromatic rings. The predicted molar refractivity (Wildman–Crippen MR) is 115 cm³/mol. The first-order valence-corrected chi connectivity index (χ1v) is 9.69. The van der Waals surface area contributed by atoms with Crippen molar-refractivity contribution in [3.8, 4) is 0 Å². The number of halogens is 2. The first kappa shape index (κ1) is 19.7. The van der Waals surface area contributed by atoms with E-state index in [-0.39, 0.29) is 4.32 Å². The van der Waals surface area contributed by atoms with Crippen LogP contribution in [-0.2, 0) is 4.79 Å². The fourth-order valence-corrected chi connectivity index (χ4v) is 3.76. The van der Waals surface area contributed by atoms with Crippen LogP contribution >= 0.6 is 47.2 Å². The van der Waals surface area contributed by atoms with Crippen LogP contribution in [0, 0.1) is 6.92 Å². The molecule has 0 spiro atoms. The van der Waals surface area contributed by atoms with Crippen LogP contribution in [-0.4, -0.2) is 21.3 Å². The fraction of sp³-hybridized carbons (Fsp3) is 0.0556. The number of rotatable bonds is 3. The van der Waals surface area contributed by atoms with Crippen molar-refractivity contribution in [3.05, 3.63) is 68.5 Å². The van der Waals surface area contributed by atoms with Crippen molar-refractivity contribution in [1.82, 2.24) is 10.4 Å². The third-order valence-electron chi connectivity index (χ3n) is 3.66. The van der Waals surface area contributed by atoms with Gasteiger partial charge >= 0.3 is 6.03 Å². The van der Waals surface area contributed by atoms with Crippen LogP contribution in [0.3, 0.4) is 0 Å². The van der Waals surface area contributed by atoms with E-state index in [2.05, 4.69) is 10.7 Å². The van der Waals surface area contributed by atoms with E-state index in [0.29, 0.717) is 20.6 Å². The molecule has 3 amide bonds. The summed E-state index contributed by atoms with van der Waals surface area (Å²) in [5.41, 5.74) is 4.83. The van der Waals surface area contributed by atoms with Crippen LogP contribution in [0.25, 0.3) is 6.08 Å². The minimum atomic E-state index is -0.623. The topological polar surface area (TPSA) is 61.4 Å². The number of thiocarbonyl (C=S) groups is 1. The monoisotopic (exact) mass is 437 g/mol. The zero-order valence-corrected chi connectivity index (χ0v) is 17.1. The summed E-state index contributed by atoms with van der Waals surface area (Å²) in [6.07, 6.45) is 1.76. The Kier molecular flexibility index (Phi) is 6.06. The van der Waals surface area contributed by atoms with Crippen LogP contribution in [0.15, 0.2) is 47.4 Å². The second-order valence-corrected chi connectivity index (χ2v) is 8.06. The molecule has 0 atom stereocenters. The maximum absolute atomic E-state index is 12.6. The fourth-order valence-electron chi connectivity index (χ4n) is 2.29. The number of anilines is 1. The molecule has 0 saturated carbocycles. The number of thioether (sulfide) groups is 1. The predicted octanol–water partition coefficient (Wildman–Crippen LogP) is 5.24. The van der Waals surface area contributed by atoms with Crippen molar-refractivity contribution in [3.63, 3.8) is 0 Å². The molecular weight excluding hydrogens is 425 g/mol. The van der Waals surface area contributed by atoms with Crippen LogP contribution in [0.2, 0.25) is 10.0 Å². The van der Waals surface area contributed by atoms with Gasteiger partial charge in [0.1, 0.15) is 0 Å². The molecule has 1 saturated heterocycles. The van der Waals surface area contributed by atoms with Gasteiger partial charge in [-0.05, 0) is 54.5 Å². The second kappa shape index (κ2) is 8.31. The van der Waals surface area contributed by atoms with Gasteiger partial charge in [-0.2, -0.15) is 5.01 Å². The highest BCUT2D eigenvalue weighted by Gasteiger charge is 2.33. The van der Waals surface area contributed by atoms with Gasteiger partial charge in [0.05, 0.1) is 15.0 Å². The first-order chi connectivity index (χ1) is 12.8. The van der Waals surface area contributed by atoms with Crippen molar-refractivity contribution in [2.24, 2.45) is 0 Å². The Hall–Kier alpha value is -2.06. The summed E-state index contributed by atoms with van der Waals surface area (Å²) in [7, 11) is 0. The van der Waals surface area contributed by atoms with Gasteiger partial charge in [-0.3, -0.25) is 4.79 Å². The number of urea groups is 1. The van der Waals surface area contributed by atoms with Crippen molar-refractivity contribution >= 4 is 75.2 Å². The molecule has 2 N–H and O–H groups in total. The number of hydrogen-bond acceptors (Lipinski definition) is 4. The van der Waals surface area contributed by atoms with Gasteiger partial charge in [-0.25, -0.2) is 10.2 Å². The summed E-state index contributed by atoms with van der Waals surface area (Å²) in [5.74, 6) is -0.391. The standard InChI is InChI=1S/C18H13Cl2N3O2S2/c1-10-4-2-3-5-11(10)8-15-16(24)23(18(26)27-15)22-17(25)21-12-6-7-13(19)14(20)9-12/h2-9H,1H3,(H2,21,22,25)/b15-8+. The van der Waals surface area contributed by atoms with Gasteiger partial charge in [0.15, 0.2) is 4.32 Å². The molecule has 1 aliphatic rings. The highest BCUT2D eigenvalue weighted by molar-refractivity contribution is 8.26. The molecule has 0 bridgehead atoms. The van der Waals surface area contributed by atoms with Crippen molar-refractivity contribution in [1.29, 1.82) is 0 Å². The highest BCUT2D eigenvalue weighted by atomic mass is 35.5. The molecule has 0 aliphatic carbocycles. The third-order valence-corrected chi connectivity index (χ3v) is 5.70. The van der Waals surface area contributed by atoms with Gasteiger partial charge in [-0.1, -0.05) is 59.2 Å². The number of amides is 3. The molecule has 3 rings (SSSR count). The van der Waals surface area contributed by atoms with E-state index in [1.165, 1.54) is 6.07 Å². The van der Waals surface area contributed by atoms with E-state index in [1.54, 1.807) is 18.2 Å². The number of aryl methyl sites for hydroxylation is 1. The van der Waals surface area contributed by atoms with Crippen LogP contribution < -0.4 is 10.7 Å². The zero-order chi connectivity index (χ0) is 19.6. The Balaban J connectivity index is 1.71. The Morgan fingerprint density at radius 1 is 1.19 bits per heavy atom. The lowest BCUT2D eigenvalue weighted by atomic mass is 10.1. The number of hydrogen-bond donors (Lipinski definition) is 2. The van der Waals surface area contributed by atoms with E-state index in [9.17, 15) is 9.59 Å². The number of hydrazine groups is 1. The van der Waals surface area contributed by atoms with E-state index in [0.717, 1.165) is 27.9 Å². The molecule has 27 heavy (non-hydrogen) atoms. The SMILES string of the molecule is Cc1ccccc1/C=C1/SC(=S)N(NC(=O)Nc2ccc(Cl)c(Cl)c2)C1=O. The van der Waals surface area contributed by atoms with E-state index >= 15 is 0 Å². The molecule has 5 nitrogen and oxygen atoms in total. The molecule has 1 fully saturated rings. The molecule has 1 heterocycles. The average Bonchev–Trinajstić information content (AvgIpc) is 2.88. The smallest absolute Gasteiger partial charge is 0.307 e. The zero-order valence-electron chi connectivity index (χ0n) is 14.0.